The Morgan fingerprint density at radius 3 is 2.71 bits per heavy atom. The SMILES string of the molecule is CCOc1ccccc1CN1CCN(C2CCNC2)CC1. The molecule has 21 heavy (non-hydrogen) atoms. The lowest BCUT2D eigenvalue weighted by atomic mass is 10.1. The minimum Gasteiger partial charge on any atom is -0.494 e. The van der Waals surface area contributed by atoms with Gasteiger partial charge in [-0.3, -0.25) is 9.80 Å². The molecule has 0 aliphatic carbocycles. The maximum absolute atomic E-state index is 5.74. The number of rotatable bonds is 5. The summed E-state index contributed by atoms with van der Waals surface area (Å²) in [6.45, 7) is 10.9. The molecule has 0 radical (unpaired) electrons. The van der Waals surface area contributed by atoms with E-state index in [1.165, 1.54) is 38.2 Å². The number of piperazine rings is 1. The van der Waals surface area contributed by atoms with Gasteiger partial charge in [0.1, 0.15) is 5.75 Å². The van der Waals surface area contributed by atoms with Crippen LogP contribution in [-0.4, -0.2) is 61.7 Å². The van der Waals surface area contributed by atoms with Gasteiger partial charge in [0, 0.05) is 50.9 Å². The largest absolute Gasteiger partial charge is 0.494 e. The Balaban J connectivity index is 1.53. The summed E-state index contributed by atoms with van der Waals surface area (Å²) in [4.78, 5) is 5.21. The molecule has 1 atom stereocenters. The molecule has 2 aliphatic heterocycles. The van der Waals surface area contributed by atoms with Crippen LogP contribution in [0.3, 0.4) is 0 Å². The van der Waals surface area contributed by atoms with Gasteiger partial charge in [0.2, 0.25) is 0 Å². The predicted octanol–water partition coefficient (Wildman–Crippen LogP) is 1.56. The number of hydrogen-bond acceptors (Lipinski definition) is 4. The van der Waals surface area contributed by atoms with E-state index in [1.807, 2.05) is 6.92 Å². The van der Waals surface area contributed by atoms with E-state index in [4.69, 9.17) is 4.74 Å². The molecule has 0 bridgehead atoms. The average molecular weight is 289 g/mol. The van der Waals surface area contributed by atoms with Gasteiger partial charge in [-0.2, -0.15) is 0 Å². The quantitative estimate of drug-likeness (QED) is 0.890. The van der Waals surface area contributed by atoms with Crippen LogP contribution < -0.4 is 10.1 Å². The van der Waals surface area contributed by atoms with E-state index in [0.717, 1.165) is 38.0 Å². The summed E-state index contributed by atoms with van der Waals surface area (Å²) in [6, 6.07) is 9.21. The fourth-order valence-corrected chi connectivity index (χ4v) is 3.41. The van der Waals surface area contributed by atoms with Crippen molar-refractivity contribution in [1.29, 1.82) is 0 Å². The average Bonchev–Trinajstić information content (AvgIpc) is 3.05. The molecule has 0 aromatic heterocycles. The third kappa shape index (κ3) is 3.76. The van der Waals surface area contributed by atoms with Crippen LogP contribution in [0.15, 0.2) is 24.3 Å². The van der Waals surface area contributed by atoms with Gasteiger partial charge < -0.3 is 10.1 Å². The van der Waals surface area contributed by atoms with Crippen LogP contribution in [0, 0.1) is 0 Å². The lowest BCUT2D eigenvalue weighted by Gasteiger charge is -2.38. The van der Waals surface area contributed by atoms with Crippen LogP contribution in [-0.2, 0) is 6.54 Å². The van der Waals surface area contributed by atoms with Gasteiger partial charge in [0.05, 0.1) is 6.61 Å². The molecule has 1 N–H and O–H groups in total. The lowest BCUT2D eigenvalue weighted by Crippen LogP contribution is -2.50. The van der Waals surface area contributed by atoms with Crippen molar-refractivity contribution >= 4 is 0 Å². The number of hydrogen-bond donors (Lipinski definition) is 1. The van der Waals surface area contributed by atoms with Crippen molar-refractivity contribution in [2.24, 2.45) is 0 Å². The zero-order valence-corrected chi connectivity index (χ0v) is 13.1. The molecule has 116 valence electrons. The zero-order chi connectivity index (χ0) is 14.5. The van der Waals surface area contributed by atoms with Crippen LogP contribution in [0.1, 0.15) is 18.9 Å². The first-order chi connectivity index (χ1) is 10.4. The first-order valence-electron chi connectivity index (χ1n) is 8.24. The van der Waals surface area contributed by atoms with Crippen molar-refractivity contribution < 1.29 is 4.74 Å². The molecule has 3 rings (SSSR count). The molecule has 1 aromatic carbocycles. The Morgan fingerprint density at radius 2 is 2.00 bits per heavy atom. The van der Waals surface area contributed by atoms with Crippen LogP contribution >= 0.6 is 0 Å². The molecule has 4 nitrogen and oxygen atoms in total. The Labute approximate surface area is 128 Å². The van der Waals surface area contributed by atoms with Gasteiger partial charge in [-0.1, -0.05) is 18.2 Å². The molecule has 2 saturated heterocycles. The molecule has 4 heteroatoms. The van der Waals surface area contributed by atoms with Gasteiger partial charge in [0.25, 0.3) is 0 Å². The van der Waals surface area contributed by atoms with Crippen molar-refractivity contribution in [2.75, 3.05) is 45.9 Å². The number of nitrogens with one attached hydrogen (secondary N) is 1. The highest BCUT2D eigenvalue weighted by atomic mass is 16.5. The zero-order valence-electron chi connectivity index (χ0n) is 13.1. The Morgan fingerprint density at radius 1 is 1.19 bits per heavy atom. The molecule has 2 fully saturated rings. The first kappa shape index (κ1) is 14.8. The Bertz CT molecular complexity index is 437. The maximum atomic E-state index is 5.74. The standard InChI is InChI=1S/C17H27N3O/c1-2-21-17-6-4-3-5-15(17)14-19-9-11-20(12-10-19)16-7-8-18-13-16/h3-6,16,18H,2,7-14H2,1H3. The predicted molar refractivity (Wildman–Crippen MR) is 85.7 cm³/mol. The van der Waals surface area contributed by atoms with Gasteiger partial charge in [-0.05, 0) is 26.0 Å². The van der Waals surface area contributed by atoms with E-state index in [0.29, 0.717) is 0 Å². The Hall–Kier alpha value is -1.10. The van der Waals surface area contributed by atoms with Gasteiger partial charge in [-0.15, -0.1) is 0 Å². The summed E-state index contributed by atoms with van der Waals surface area (Å²) in [5.41, 5.74) is 1.32. The van der Waals surface area contributed by atoms with E-state index >= 15 is 0 Å². The van der Waals surface area contributed by atoms with Crippen molar-refractivity contribution in [1.82, 2.24) is 15.1 Å². The van der Waals surface area contributed by atoms with Crippen molar-refractivity contribution in [3.63, 3.8) is 0 Å². The van der Waals surface area contributed by atoms with Crippen LogP contribution in [0.4, 0.5) is 0 Å². The molecule has 0 saturated carbocycles. The summed E-state index contributed by atoms with van der Waals surface area (Å²) in [6.07, 6.45) is 1.31. The molecule has 1 aromatic rings. The van der Waals surface area contributed by atoms with Crippen molar-refractivity contribution in [2.45, 2.75) is 25.9 Å². The van der Waals surface area contributed by atoms with Crippen LogP contribution in [0.25, 0.3) is 0 Å². The lowest BCUT2D eigenvalue weighted by molar-refractivity contribution is 0.0974. The van der Waals surface area contributed by atoms with Gasteiger partial charge in [-0.25, -0.2) is 0 Å². The minimum absolute atomic E-state index is 0.736. The van der Waals surface area contributed by atoms with E-state index in [2.05, 4.69) is 39.4 Å². The normalized spacial score (nSPS) is 24.3. The second-order valence-electron chi connectivity index (χ2n) is 6.00. The van der Waals surface area contributed by atoms with Crippen molar-refractivity contribution in [3.8, 4) is 5.75 Å². The van der Waals surface area contributed by atoms with Gasteiger partial charge in [0.15, 0.2) is 0 Å². The topological polar surface area (TPSA) is 27.7 Å². The number of ether oxygens (including phenoxy) is 1. The summed E-state index contributed by atoms with van der Waals surface area (Å²) in [5.74, 6) is 1.04. The van der Waals surface area contributed by atoms with E-state index in [9.17, 15) is 0 Å². The monoisotopic (exact) mass is 289 g/mol. The summed E-state index contributed by atoms with van der Waals surface area (Å²) >= 11 is 0. The molecule has 0 spiro atoms. The van der Waals surface area contributed by atoms with E-state index < -0.39 is 0 Å². The molecular weight excluding hydrogens is 262 g/mol. The van der Waals surface area contributed by atoms with Crippen LogP contribution in [0.5, 0.6) is 5.75 Å². The van der Waals surface area contributed by atoms with Crippen LogP contribution in [0.2, 0.25) is 0 Å². The maximum Gasteiger partial charge on any atom is 0.123 e. The fourth-order valence-electron chi connectivity index (χ4n) is 3.41. The fraction of sp³-hybridized carbons (Fsp3) is 0.647. The smallest absolute Gasteiger partial charge is 0.123 e. The second kappa shape index (κ2) is 7.25. The Kier molecular flexibility index (Phi) is 5.12. The number of benzene rings is 1. The van der Waals surface area contributed by atoms with E-state index in [1.54, 1.807) is 0 Å². The highest BCUT2D eigenvalue weighted by Crippen LogP contribution is 2.21. The highest BCUT2D eigenvalue weighted by Gasteiger charge is 2.26. The minimum atomic E-state index is 0.736. The third-order valence-corrected chi connectivity index (χ3v) is 4.62. The first-order valence-corrected chi connectivity index (χ1v) is 8.24. The molecular formula is C17H27N3O. The third-order valence-electron chi connectivity index (χ3n) is 4.62. The summed E-state index contributed by atoms with van der Waals surface area (Å²) in [5, 5.41) is 3.47. The van der Waals surface area contributed by atoms with E-state index in [-0.39, 0.29) is 0 Å². The number of para-hydroxylation sites is 1. The molecule has 2 heterocycles. The number of nitrogens with zero attached hydrogens (tertiary/aromatic N) is 2. The van der Waals surface area contributed by atoms with Crippen molar-refractivity contribution in [3.05, 3.63) is 29.8 Å². The highest BCUT2D eigenvalue weighted by molar-refractivity contribution is 5.33. The second-order valence-corrected chi connectivity index (χ2v) is 6.00. The summed E-state index contributed by atoms with van der Waals surface area (Å²) in [7, 11) is 0. The van der Waals surface area contributed by atoms with Gasteiger partial charge >= 0.3 is 0 Å². The molecule has 1 unspecified atom stereocenters. The summed E-state index contributed by atoms with van der Waals surface area (Å²) < 4.78 is 5.74. The molecule has 2 aliphatic rings. The molecule has 0 amide bonds.